The second kappa shape index (κ2) is 5.21. The molecule has 0 saturated carbocycles. The molecule has 0 spiro atoms. The van der Waals surface area contributed by atoms with Crippen LogP contribution in [-0.4, -0.2) is 17.3 Å². The topological polar surface area (TPSA) is 20.3 Å². The van der Waals surface area contributed by atoms with Gasteiger partial charge in [-0.1, -0.05) is 41.9 Å². The zero-order valence-electron chi connectivity index (χ0n) is 10.3. The molecule has 1 atom stereocenters. The van der Waals surface area contributed by atoms with Gasteiger partial charge in [0.2, 0.25) is 5.91 Å². The van der Waals surface area contributed by atoms with Gasteiger partial charge in [-0.3, -0.25) is 4.79 Å². The van der Waals surface area contributed by atoms with E-state index < -0.39 is 0 Å². The van der Waals surface area contributed by atoms with E-state index in [0.29, 0.717) is 5.92 Å². The van der Waals surface area contributed by atoms with Crippen LogP contribution in [-0.2, 0) is 4.79 Å². The molecule has 1 aromatic rings. The van der Waals surface area contributed by atoms with E-state index in [1.165, 1.54) is 5.56 Å². The number of carbonyl (C=O) groups is 1. The maximum atomic E-state index is 12.1. The second-order valence-corrected chi connectivity index (χ2v) is 5.95. The van der Waals surface area contributed by atoms with Gasteiger partial charge >= 0.3 is 0 Å². The van der Waals surface area contributed by atoms with Crippen molar-refractivity contribution < 1.29 is 4.79 Å². The summed E-state index contributed by atoms with van der Waals surface area (Å²) in [6.07, 6.45) is 2.01. The third-order valence-electron chi connectivity index (χ3n) is 3.22. The molecule has 17 heavy (non-hydrogen) atoms. The summed E-state index contributed by atoms with van der Waals surface area (Å²) < 4.78 is 0. The monoisotopic (exact) mass is 295 g/mol. The van der Waals surface area contributed by atoms with Gasteiger partial charge < -0.3 is 4.90 Å². The molecule has 0 N–H and O–H groups in total. The minimum atomic E-state index is -0.0149. The molecule has 1 aliphatic rings. The van der Waals surface area contributed by atoms with Crippen LogP contribution in [0.15, 0.2) is 24.3 Å². The number of piperidine rings is 1. The Labute approximate surface area is 111 Å². The molecular weight excluding hydrogens is 278 g/mol. The predicted molar refractivity (Wildman–Crippen MR) is 74.8 cm³/mol. The standard InChI is InChI=1S/C14H18BrNO/c1-10(2)11-5-3-6-12(9-11)16-8-4-7-13(15)14(16)17/h3,5-6,9-10,13H,4,7-8H2,1-2H3. The average Bonchev–Trinajstić information content (AvgIpc) is 2.33. The number of nitrogens with zero attached hydrogens (tertiary/aromatic N) is 1. The summed E-state index contributed by atoms with van der Waals surface area (Å²) in [7, 11) is 0. The zero-order valence-corrected chi connectivity index (χ0v) is 11.9. The summed E-state index contributed by atoms with van der Waals surface area (Å²) in [4.78, 5) is 14.0. The summed E-state index contributed by atoms with van der Waals surface area (Å²) in [6, 6.07) is 8.31. The van der Waals surface area contributed by atoms with Crippen LogP contribution in [0.5, 0.6) is 0 Å². The molecular formula is C14H18BrNO. The van der Waals surface area contributed by atoms with E-state index in [0.717, 1.165) is 25.1 Å². The highest BCUT2D eigenvalue weighted by Crippen LogP contribution is 2.27. The Morgan fingerprint density at radius 3 is 2.88 bits per heavy atom. The van der Waals surface area contributed by atoms with Gasteiger partial charge in [0.05, 0.1) is 4.83 Å². The van der Waals surface area contributed by atoms with Crippen LogP contribution in [0.25, 0.3) is 0 Å². The van der Waals surface area contributed by atoms with E-state index in [1.807, 2.05) is 17.0 Å². The Kier molecular flexibility index (Phi) is 3.87. The van der Waals surface area contributed by atoms with Gasteiger partial charge in [-0.15, -0.1) is 0 Å². The van der Waals surface area contributed by atoms with E-state index in [9.17, 15) is 4.79 Å². The Balaban J connectivity index is 2.27. The van der Waals surface area contributed by atoms with Crippen molar-refractivity contribution in [3.63, 3.8) is 0 Å². The average molecular weight is 296 g/mol. The van der Waals surface area contributed by atoms with Gasteiger partial charge in [0.25, 0.3) is 0 Å². The Hall–Kier alpha value is -0.830. The number of carbonyl (C=O) groups excluding carboxylic acids is 1. The third kappa shape index (κ3) is 2.71. The number of alkyl halides is 1. The van der Waals surface area contributed by atoms with E-state index in [4.69, 9.17) is 0 Å². The van der Waals surface area contributed by atoms with Crippen LogP contribution in [0.4, 0.5) is 5.69 Å². The second-order valence-electron chi connectivity index (χ2n) is 4.85. The number of hydrogen-bond acceptors (Lipinski definition) is 1. The summed E-state index contributed by atoms with van der Waals surface area (Å²) in [5, 5.41) is 0. The fraction of sp³-hybridized carbons (Fsp3) is 0.500. The van der Waals surface area contributed by atoms with Crippen LogP contribution in [0.1, 0.15) is 38.2 Å². The lowest BCUT2D eigenvalue weighted by atomic mass is 10.0. The van der Waals surface area contributed by atoms with Crippen LogP contribution >= 0.6 is 15.9 Å². The van der Waals surface area contributed by atoms with Gasteiger partial charge in [0.1, 0.15) is 0 Å². The number of benzene rings is 1. The summed E-state index contributed by atoms with van der Waals surface area (Å²) in [6.45, 7) is 5.18. The largest absolute Gasteiger partial charge is 0.311 e. The van der Waals surface area contributed by atoms with Gasteiger partial charge in [-0.2, -0.15) is 0 Å². The van der Waals surface area contributed by atoms with Crippen molar-refractivity contribution in [2.45, 2.75) is 37.4 Å². The summed E-state index contributed by atoms with van der Waals surface area (Å²) in [5.41, 5.74) is 2.32. The molecule has 0 radical (unpaired) electrons. The van der Waals surface area contributed by atoms with Crippen molar-refractivity contribution in [1.29, 1.82) is 0 Å². The first-order valence-corrected chi connectivity index (χ1v) is 7.06. The van der Waals surface area contributed by atoms with Crippen LogP contribution < -0.4 is 4.90 Å². The Bertz CT molecular complexity index is 416. The molecule has 1 aromatic carbocycles. The number of amides is 1. The van der Waals surface area contributed by atoms with E-state index in [2.05, 4.69) is 41.9 Å². The summed E-state index contributed by atoms with van der Waals surface area (Å²) in [5.74, 6) is 0.687. The number of anilines is 1. The van der Waals surface area contributed by atoms with Gasteiger partial charge in [-0.05, 0) is 36.5 Å². The third-order valence-corrected chi connectivity index (χ3v) is 4.07. The smallest absolute Gasteiger partial charge is 0.240 e. The molecule has 2 nitrogen and oxygen atoms in total. The molecule has 0 aromatic heterocycles. The fourth-order valence-electron chi connectivity index (χ4n) is 2.14. The molecule has 1 unspecified atom stereocenters. The molecule has 1 fully saturated rings. The molecule has 0 aliphatic carbocycles. The maximum Gasteiger partial charge on any atom is 0.240 e. The molecule has 1 aliphatic heterocycles. The molecule has 1 heterocycles. The minimum Gasteiger partial charge on any atom is -0.311 e. The van der Waals surface area contributed by atoms with Crippen LogP contribution in [0.3, 0.4) is 0 Å². The molecule has 2 rings (SSSR count). The van der Waals surface area contributed by atoms with Crippen molar-refractivity contribution in [3.8, 4) is 0 Å². The lowest BCUT2D eigenvalue weighted by Gasteiger charge is -2.30. The Morgan fingerprint density at radius 2 is 2.18 bits per heavy atom. The first-order valence-electron chi connectivity index (χ1n) is 6.15. The maximum absolute atomic E-state index is 12.1. The highest BCUT2D eigenvalue weighted by Gasteiger charge is 2.27. The predicted octanol–water partition coefficient (Wildman–Crippen LogP) is 3.70. The first-order chi connectivity index (χ1) is 8.09. The van der Waals surface area contributed by atoms with Crippen molar-refractivity contribution in [2.75, 3.05) is 11.4 Å². The van der Waals surface area contributed by atoms with E-state index >= 15 is 0 Å². The van der Waals surface area contributed by atoms with Crippen molar-refractivity contribution in [1.82, 2.24) is 0 Å². The van der Waals surface area contributed by atoms with Crippen LogP contribution in [0, 0.1) is 0 Å². The summed E-state index contributed by atoms with van der Waals surface area (Å²) >= 11 is 3.45. The lowest BCUT2D eigenvalue weighted by molar-refractivity contribution is -0.118. The molecule has 1 saturated heterocycles. The van der Waals surface area contributed by atoms with E-state index in [1.54, 1.807) is 0 Å². The molecule has 92 valence electrons. The van der Waals surface area contributed by atoms with Crippen molar-refractivity contribution in [3.05, 3.63) is 29.8 Å². The molecule has 1 amide bonds. The van der Waals surface area contributed by atoms with Gasteiger partial charge in [0.15, 0.2) is 0 Å². The highest BCUT2D eigenvalue weighted by atomic mass is 79.9. The zero-order chi connectivity index (χ0) is 12.4. The number of halogens is 1. The van der Waals surface area contributed by atoms with Gasteiger partial charge in [0, 0.05) is 12.2 Å². The Morgan fingerprint density at radius 1 is 1.41 bits per heavy atom. The number of rotatable bonds is 2. The first kappa shape index (κ1) is 12.6. The minimum absolute atomic E-state index is 0.0149. The number of hydrogen-bond donors (Lipinski definition) is 0. The van der Waals surface area contributed by atoms with E-state index in [-0.39, 0.29) is 10.7 Å². The molecule has 0 bridgehead atoms. The van der Waals surface area contributed by atoms with Crippen molar-refractivity contribution >= 4 is 27.5 Å². The quantitative estimate of drug-likeness (QED) is 0.762. The fourth-order valence-corrected chi connectivity index (χ4v) is 2.71. The van der Waals surface area contributed by atoms with Crippen LogP contribution in [0.2, 0.25) is 0 Å². The lowest BCUT2D eigenvalue weighted by Crippen LogP contribution is -2.41. The van der Waals surface area contributed by atoms with Crippen molar-refractivity contribution in [2.24, 2.45) is 0 Å². The van der Waals surface area contributed by atoms with Gasteiger partial charge in [-0.25, -0.2) is 0 Å². The highest BCUT2D eigenvalue weighted by molar-refractivity contribution is 9.10. The normalized spacial score (nSPS) is 21.1. The SMILES string of the molecule is CC(C)c1cccc(N2CCCC(Br)C2=O)c1. The molecule has 3 heteroatoms.